The zero-order valence-corrected chi connectivity index (χ0v) is 23.2. The van der Waals surface area contributed by atoms with Gasteiger partial charge >= 0.3 is 0 Å². The third-order valence-corrected chi connectivity index (χ3v) is 8.45. The first-order chi connectivity index (χ1) is 21.3. The quantitative estimate of drug-likeness (QED) is 0.218. The Balaban J connectivity index is 1.31. The van der Waals surface area contributed by atoms with E-state index in [1.807, 2.05) is 30.3 Å². The molecule has 2 heterocycles. The van der Waals surface area contributed by atoms with Crippen LogP contribution in [0.25, 0.3) is 65.8 Å². The van der Waals surface area contributed by atoms with Gasteiger partial charge < -0.3 is 13.7 Å². The number of para-hydroxylation sites is 2. The predicted molar refractivity (Wildman–Crippen MR) is 179 cm³/mol. The highest BCUT2D eigenvalue weighted by Crippen LogP contribution is 2.45. The van der Waals surface area contributed by atoms with E-state index in [4.69, 9.17) is 8.83 Å². The van der Waals surface area contributed by atoms with Gasteiger partial charge in [-0.15, -0.1) is 0 Å². The van der Waals surface area contributed by atoms with Crippen LogP contribution in [0.3, 0.4) is 0 Å². The van der Waals surface area contributed by atoms with Crippen molar-refractivity contribution in [1.29, 1.82) is 0 Å². The monoisotopic (exact) mass is 551 g/mol. The molecule has 0 saturated heterocycles. The van der Waals surface area contributed by atoms with Gasteiger partial charge in [0.1, 0.15) is 22.3 Å². The second-order valence-corrected chi connectivity index (χ2v) is 10.9. The lowest BCUT2D eigenvalue weighted by Gasteiger charge is -2.27. The number of benzene rings is 7. The van der Waals surface area contributed by atoms with Crippen molar-refractivity contribution in [2.75, 3.05) is 4.90 Å². The Labute approximate surface area is 247 Å². The molecule has 0 atom stereocenters. The van der Waals surface area contributed by atoms with Gasteiger partial charge in [0.25, 0.3) is 0 Å². The molecule has 0 unspecified atom stereocenters. The van der Waals surface area contributed by atoms with E-state index in [9.17, 15) is 0 Å². The van der Waals surface area contributed by atoms with Crippen molar-refractivity contribution >= 4 is 71.7 Å². The second kappa shape index (κ2) is 9.37. The van der Waals surface area contributed by atoms with Crippen molar-refractivity contribution in [3.05, 3.63) is 152 Å². The normalized spacial score (nSPS) is 11.7. The molecule has 9 aromatic rings. The van der Waals surface area contributed by atoms with E-state index in [0.29, 0.717) is 0 Å². The Morgan fingerprint density at radius 3 is 1.93 bits per heavy atom. The van der Waals surface area contributed by atoms with E-state index in [2.05, 4.69) is 126 Å². The first-order valence-corrected chi connectivity index (χ1v) is 14.5. The van der Waals surface area contributed by atoms with Crippen molar-refractivity contribution in [3.63, 3.8) is 0 Å². The van der Waals surface area contributed by atoms with E-state index in [-0.39, 0.29) is 0 Å². The zero-order valence-electron chi connectivity index (χ0n) is 23.2. The standard InChI is InChI=1S/C40H25NO2/c1-2-14-30-26(10-1)11-8-17-31(30)27-12-7-13-28(24-27)41(29-22-23-33-32-15-3-5-19-36(32)43-39(33)25-29)35-18-9-21-38-40(35)34-16-4-6-20-37(34)42-38/h1-25H. The summed E-state index contributed by atoms with van der Waals surface area (Å²) in [7, 11) is 0. The molecule has 0 saturated carbocycles. The molecule has 0 N–H and O–H groups in total. The highest BCUT2D eigenvalue weighted by Gasteiger charge is 2.21. The maximum Gasteiger partial charge on any atom is 0.137 e. The summed E-state index contributed by atoms with van der Waals surface area (Å²) in [6, 6.07) is 53.2. The van der Waals surface area contributed by atoms with Gasteiger partial charge in [-0.1, -0.05) is 97.1 Å². The molecule has 0 bridgehead atoms. The van der Waals surface area contributed by atoms with Crippen molar-refractivity contribution in [1.82, 2.24) is 0 Å². The average Bonchev–Trinajstić information content (AvgIpc) is 3.63. The molecule has 2 aromatic heterocycles. The highest BCUT2D eigenvalue weighted by molar-refractivity contribution is 6.14. The second-order valence-electron chi connectivity index (χ2n) is 10.9. The van der Waals surface area contributed by atoms with Crippen LogP contribution in [-0.2, 0) is 0 Å². The fourth-order valence-corrected chi connectivity index (χ4v) is 6.51. The first kappa shape index (κ1) is 23.9. The summed E-state index contributed by atoms with van der Waals surface area (Å²) in [6.07, 6.45) is 0. The molecular formula is C40H25NO2. The Morgan fingerprint density at radius 2 is 1.02 bits per heavy atom. The lowest BCUT2D eigenvalue weighted by atomic mass is 9.97. The maximum atomic E-state index is 6.35. The van der Waals surface area contributed by atoms with E-state index >= 15 is 0 Å². The molecule has 3 nitrogen and oxygen atoms in total. The minimum absolute atomic E-state index is 0.859. The fraction of sp³-hybridized carbons (Fsp3) is 0. The molecule has 0 spiro atoms. The molecule has 7 aromatic carbocycles. The first-order valence-electron chi connectivity index (χ1n) is 14.5. The van der Waals surface area contributed by atoms with Crippen molar-refractivity contribution in [2.24, 2.45) is 0 Å². The van der Waals surface area contributed by atoms with Crippen LogP contribution in [0.2, 0.25) is 0 Å². The molecule has 43 heavy (non-hydrogen) atoms. The number of fused-ring (bicyclic) bond motifs is 7. The predicted octanol–water partition coefficient (Wildman–Crippen LogP) is 11.8. The van der Waals surface area contributed by atoms with Crippen molar-refractivity contribution in [2.45, 2.75) is 0 Å². The number of rotatable bonds is 4. The van der Waals surface area contributed by atoms with E-state index in [1.54, 1.807) is 0 Å². The number of nitrogens with zero attached hydrogens (tertiary/aromatic N) is 1. The molecule has 0 aliphatic carbocycles. The Hall–Kier alpha value is -5.80. The summed E-state index contributed by atoms with van der Waals surface area (Å²) in [4.78, 5) is 2.32. The van der Waals surface area contributed by atoms with Crippen LogP contribution in [0.5, 0.6) is 0 Å². The van der Waals surface area contributed by atoms with Gasteiger partial charge in [0.05, 0.1) is 11.1 Å². The molecule has 0 aliphatic heterocycles. The molecular weight excluding hydrogens is 526 g/mol. The van der Waals surface area contributed by atoms with Gasteiger partial charge in [-0.2, -0.15) is 0 Å². The number of furan rings is 2. The third kappa shape index (κ3) is 3.75. The smallest absolute Gasteiger partial charge is 0.137 e. The van der Waals surface area contributed by atoms with Gasteiger partial charge in [-0.3, -0.25) is 0 Å². The fourth-order valence-electron chi connectivity index (χ4n) is 6.51. The molecule has 0 amide bonds. The number of hydrogen-bond donors (Lipinski definition) is 0. The van der Waals surface area contributed by atoms with Gasteiger partial charge in [-0.25, -0.2) is 0 Å². The maximum absolute atomic E-state index is 6.35. The van der Waals surface area contributed by atoms with Crippen molar-refractivity contribution in [3.8, 4) is 11.1 Å². The minimum Gasteiger partial charge on any atom is -0.456 e. The summed E-state index contributed by atoms with van der Waals surface area (Å²) in [5, 5.41) is 6.87. The Morgan fingerprint density at radius 1 is 0.395 bits per heavy atom. The van der Waals surface area contributed by atoms with Crippen LogP contribution in [0.15, 0.2) is 160 Å². The lowest BCUT2D eigenvalue weighted by Crippen LogP contribution is -2.10. The summed E-state index contributed by atoms with van der Waals surface area (Å²) < 4.78 is 12.7. The summed E-state index contributed by atoms with van der Waals surface area (Å²) in [5.41, 5.74) is 8.97. The number of hydrogen-bond acceptors (Lipinski definition) is 3. The van der Waals surface area contributed by atoms with Crippen LogP contribution in [-0.4, -0.2) is 0 Å². The van der Waals surface area contributed by atoms with E-state index < -0.39 is 0 Å². The SMILES string of the molecule is c1cc(-c2cccc3ccccc23)cc(N(c2ccc3c(c2)oc2ccccc23)c2cccc3oc4ccccc4c23)c1. The summed E-state index contributed by atoms with van der Waals surface area (Å²) in [5.74, 6) is 0. The molecule has 0 fully saturated rings. The van der Waals surface area contributed by atoms with Gasteiger partial charge in [0, 0.05) is 33.6 Å². The molecule has 9 rings (SSSR count). The summed E-state index contributed by atoms with van der Waals surface area (Å²) >= 11 is 0. The zero-order chi connectivity index (χ0) is 28.3. The number of anilines is 3. The lowest BCUT2D eigenvalue weighted by molar-refractivity contribution is 0.669. The molecule has 0 aliphatic rings. The van der Waals surface area contributed by atoms with E-state index in [1.165, 1.54) is 16.3 Å². The average molecular weight is 552 g/mol. The molecule has 3 heteroatoms. The van der Waals surface area contributed by atoms with Crippen LogP contribution >= 0.6 is 0 Å². The summed E-state index contributed by atoms with van der Waals surface area (Å²) in [6.45, 7) is 0. The van der Waals surface area contributed by atoms with Crippen molar-refractivity contribution < 1.29 is 8.83 Å². The highest BCUT2D eigenvalue weighted by atomic mass is 16.3. The topological polar surface area (TPSA) is 29.5 Å². The van der Waals surface area contributed by atoms with Gasteiger partial charge in [0.15, 0.2) is 0 Å². The minimum atomic E-state index is 0.859. The van der Waals surface area contributed by atoms with Crippen LogP contribution < -0.4 is 4.90 Å². The largest absolute Gasteiger partial charge is 0.456 e. The third-order valence-electron chi connectivity index (χ3n) is 8.45. The van der Waals surface area contributed by atoms with Crippen LogP contribution in [0, 0.1) is 0 Å². The Bertz CT molecular complexity index is 2480. The Kier molecular flexibility index (Phi) is 5.20. The molecule has 0 radical (unpaired) electrons. The molecule has 202 valence electrons. The van der Waals surface area contributed by atoms with Crippen LogP contribution in [0.4, 0.5) is 17.1 Å². The van der Waals surface area contributed by atoms with Gasteiger partial charge in [0.2, 0.25) is 0 Å². The van der Waals surface area contributed by atoms with E-state index in [0.717, 1.165) is 66.5 Å². The van der Waals surface area contributed by atoms with Gasteiger partial charge in [-0.05, 0) is 70.4 Å². The van der Waals surface area contributed by atoms with Crippen LogP contribution in [0.1, 0.15) is 0 Å².